The Morgan fingerprint density at radius 2 is 2.27 bits per heavy atom. The Morgan fingerprint density at radius 1 is 1.60 bits per heavy atom. The van der Waals surface area contributed by atoms with Gasteiger partial charge in [0.25, 0.3) is 0 Å². The van der Waals surface area contributed by atoms with Gasteiger partial charge in [-0.1, -0.05) is 0 Å². The van der Waals surface area contributed by atoms with Gasteiger partial charge < -0.3 is 0 Å². The number of Topliss-reactive ketones (excluding diaryl/α,β-unsaturated/α-hetero) is 1. The zero-order valence-electron chi connectivity index (χ0n) is 9.42. The molecular formula is C12H18N2O. The van der Waals surface area contributed by atoms with E-state index >= 15 is 0 Å². The van der Waals surface area contributed by atoms with Crippen molar-refractivity contribution in [2.45, 2.75) is 38.6 Å². The minimum atomic E-state index is -0.357. The van der Waals surface area contributed by atoms with Crippen molar-refractivity contribution in [2.75, 3.05) is 6.54 Å². The van der Waals surface area contributed by atoms with Crippen LogP contribution in [0.15, 0.2) is 0 Å². The number of nitrogens with zero attached hydrogens (tertiary/aromatic N) is 1. The first kappa shape index (κ1) is 10.6. The maximum atomic E-state index is 11.1. The van der Waals surface area contributed by atoms with Gasteiger partial charge in [0.2, 0.25) is 0 Å². The lowest BCUT2D eigenvalue weighted by molar-refractivity contribution is -0.118. The lowest BCUT2D eigenvalue weighted by Crippen LogP contribution is -2.44. The molecule has 3 atom stereocenters. The fraction of sp³-hybridized carbons (Fsp3) is 0.833. The van der Waals surface area contributed by atoms with E-state index in [9.17, 15) is 4.79 Å². The second-order valence-electron chi connectivity index (χ2n) is 5.18. The summed E-state index contributed by atoms with van der Waals surface area (Å²) in [5.74, 6) is 1.57. The Balaban J connectivity index is 1.78. The van der Waals surface area contributed by atoms with Crippen LogP contribution < -0.4 is 5.32 Å². The van der Waals surface area contributed by atoms with E-state index < -0.39 is 0 Å². The zero-order valence-corrected chi connectivity index (χ0v) is 9.42. The van der Waals surface area contributed by atoms with Gasteiger partial charge in [-0.05, 0) is 44.9 Å². The van der Waals surface area contributed by atoms with Crippen LogP contribution in [0, 0.1) is 29.1 Å². The van der Waals surface area contributed by atoms with E-state index in [0.29, 0.717) is 17.6 Å². The summed E-state index contributed by atoms with van der Waals surface area (Å²) in [5.41, 5.74) is -0.357. The van der Waals surface area contributed by atoms with Gasteiger partial charge in [0.15, 0.2) is 0 Å². The third kappa shape index (κ3) is 2.21. The number of nitriles is 1. The molecule has 2 rings (SSSR count). The quantitative estimate of drug-likeness (QED) is 0.741. The Bertz CT molecular complexity index is 316. The number of hydrogen-bond donors (Lipinski definition) is 1. The third-order valence-corrected chi connectivity index (χ3v) is 3.80. The number of hydrogen-bond acceptors (Lipinski definition) is 3. The van der Waals surface area contributed by atoms with Crippen molar-refractivity contribution in [3.05, 3.63) is 0 Å². The Labute approximate surface area is 90.8 Å². The molecule has 0 aromatic heterocycles. The van der Waals surface area contributed by atoms with Gasteiger partial charge in [-0.15, -0.1) is 0 Å². The first-order chi connectivity index (χ1) is 7.07. The highest BCUT2D eigenvalue weighted by molar-refractivity contribution is 5.81. The Kier molecular flexibility index (Phi) is 2.56. The normalized spacial score (nSPS) is 32.9. The molecule has 3 nitrogen and oxygen atoms in total. The van der Waals surface area contributed by atoms with Crippen molar-refractivity contribution in [1.29, 1.82) is 5.26 Å². The molecule has 0 spiro atoms. The molecular weight excluding hydrogens is 188 g/mol. The molecule has 0 bridgehead atoms. The number of rotatable bonds is 5. The van der Waals surface area contributed by atoms with Gasteiger partial charge >= 0.3 is 0 Å². The fourth-order valence-electron chi connectivity index (χ4n) is 2.25. The van der Waals surface area contributed by atoms with Crippen LogP contribution in [0.2, 0.25) is 0 Å². The van der Waals surface area contributed by atoms with Crippen LogP contribution in [0.25, 0.3) is 0 Å². The zero-order chi connectivity index (χ0) is 11.1. The topological polar surface area (TPSA) is 52.9 Å². The predicted octanol–water partition coefficient (Wildman–Crippen LogP) is 1.49. The van der Waals surface area contributed by atoms with Crippen molar-refractivity contribution >= 4 is 5.78 Å². The summed E-state index contributed by atoms with van der Waals surface area (Å²) in [6, 6.07) is 2.37. The minimum absolute atomic E-state index is 0.264. The molecule has 0 aliphatic heterocycles. The fourth-order valence-corrected chi connectivity index (χ4v) is 2.25. The van der Waals surface area contributed by atoms with Crippen molar-refractivity contribution in [3.8, 4) is 6.07 Å². The van der Waals surface area contributed by atoms with Crippen LogP contribution in [0.4, 0.5) is 0 Å². The van der Waals surface area contributed by atoms with Crippen molar-refractivity contribution in [1.82, 2.24) is 5.32 Å². The van der Waals surface area contributed by atoms with Gasteiger partial charge in [0.1, 0.15) is 11.3 Å². The van der Waals surface area contributed by atoms with Crippen LogP contribution in [-0.4, -0.2) is 17.9 Å². The molecule has 0 amide bonds. The summed E-state index contributed by atoms with van der Waals surface area (Å²) in [7, 11) is 0. The third-order valence-electron chi connectivity index (χ3n) is 3.80. The molecule has 2 aliphatic rings. The van der Waals surface area contributed by atoms with Crippen LogP contribution in [-0.2, 0) is 4.79 Å². The molecule has 82 valence electrons. The second kappa shape index (κ2) is 3.61. The molecule has 2 aliphatic carbocycles. The van der Waals surface area contributed by atoms with E-state index in [2.05, 4.69) is 11.4 Å². The minimum Gasteiger partial charge on any atom is -0.300 e. The lowest BCUT2D eigenvalue weighted by Gasteiger charge is -2.22. The molecule has 0 aromatic rings. The van der Waals surface area contributed by atoms with E-state index in [0.717, 1.165) is 25.8 Å². The average molecular weight is 206 g/mol. The maximum absolute atomic E-state index is 11.1. The maximum Gasteiger partial charge on any atom is 0.133 e. The molecule has 15 heavy (non-hydrogen) atoms. The average Bonchev–Trinajstić information content (AvgIpc) is 3.03. The first-order valence-corrected chi connectivity index (χ1v) is 5.73. The van der Waals surface area contributed by atoms with E-state index in [1.165, 1.54) is 0 Å². The monoisotopic (exact) mass is 206 g/mol. The second-order valence-corrected chi connectivity index (χ2v) is 5.18. The molecule has 0 aromatic carbocycles. The molecule has 0 heterocycles. The van der Waals surface area contributed by atoms with Crippen LogP contribution in [0.3, 0.4) is 0 Å². The highest BCUT2D eigenvalue weighted by Gasteiger charge is 2.45. The molecule has 0 saturated heterocycles. The molecule has 2 saturated carbocycles. The van der Waals surface area contributed by atoms with Gasteiger partial charge in [-0.25, -0.2) is 0 Å². The standard InChI is InChI=1S/C12H18N2O/c1-8(15)11-5-9(11)6-14-12(2,7-13)10-3-4-10/h9-11,14H,3-6H2,1-2H3. The highest BCUT2D eigenvalue weighted by atomic mass is 16.1. The molecule has 0 radical (unpaired) electrons. The van der Waals surface area contributed by atoms with Crippen molar-refractivity contribution in [2.24, 2.45) is 17.8 Å². The van der Waals surface area contributed by atoms with Crippen LogP contribution in [0.1, 0.15) is 33.1 Å². The number of carbonyl (C=O) groups excluding carboxylic acids is 1. The molecule has 3 unspecified atom stereocenters. The molecule has 1 N–H and O–H groups in total. The summed E-state index contributed by atoms with van der Waals surface area (Å²) >= 11 is 0. The van der Waals surface area contributed by atoms with Crippen molar-refractivity contribution < 1.29 is 4.79 Å². The first-order valence-electron chi connectivity index (χ1n) is 5.73. The van der Waals surface area contributed by atoms with Gasteiger partial charge in [0.05, 0.1) is 6.07 Å². The van der Waals surface area contributed by atoms with E-state index in [1.807, 2.05) is 6.92 Å². The number of carbonyl (C=O) groups is 1. The highest BCUT2D eigenvalue weighted by Crippen LogP contribution is 2.42. The van der Waals surface area contributed by atoms with Gasteiger partial charge in [-0.2, -0.15) is 5.26 Å². The number of ketones is 1. The lowest BCUT2D eigenvalue weighted by atomic mass is 9.97. The van der Waals surface area contributed by atoms with Crippen molar-refractivity contribution in [3.63, 3.8) is 0 Å². The Morgan fingerprint density at radius 3 is 2.67 bits per heavy atom. The van der Waals surface area contributed by atoms with E-state index in [4.69, 9.17) is 5.26 Å². The summed E-state index contributed by atoms with van der Waals surface area (Å²) in [4.78, 5) is 11.1. The predicted molar refractivity (Wildman–Crippen MR) is 57.0 cm³/mol. The Hall–Kier alpha value is -0.880. The number of nitrogens with one attached hydrogen (secondary N) is 1. The van der Waals surface area contributed by atoms with Gasteiger partial charge in [0, 0.05) is 12.5 Å². The SMILES string of the molecule is CC(=O)C1CC1CNC(C)(C#N)C1CC1. The summed E-state index contributed by atoms with van der Waals surface area (Å²) in [5, 5.41) is 12.5. The molecule has 2 fully saturated rings. The van der Waals surface area contributed by atoms with E-state index in [-0.39, 0.29) is 11.5 Å². The van der Waals surface area contributed by atoms with E-state index in [1.54, 1.807) is 6.92 Å². The summed E-state index contributed by atoms with van der Waals surface area (Å²) < 4.78 is 0. The van der Waals surface area contributed by atoms with Crippen LogP contribution in [0.5, 0.6) is 0 Å². The molecule has 3 heteroatoms. The largest absolute Gasteiger partial charge is 0.300 e. The smallest absolute Gasteiger partial charge is 0.133 e. The van der Waals surface area contributed by atoms with Crippen LogP contribution >= 0.6 is 0 Å². The van der Waals surface area contributed by atoms with Gasteiger partial charge in [-0.3, -0.25) is 10.1 Å². The summed E-state index contributed by atoms with van der Waals surface area (Å²) in [6.45, 7) is 4.47. The summed E-state index contributed by atoms with van der Waals surface area (Å²) in [6.07, 6.45) is 3.34.